The lowest BCUT2D eigenvalue weighted by atomic mass is 10.2. The number of rotatable bonds is 5. The van der Waals surface area contributed by atoms with Crippen LogP contribution in [-0.2, 0) is 4.79 Å². The Hall–Kier alpha value is -3.09. The van der Waals surface area contributed by atoms with Crippen LogP contribution in [-0.4, -0.2) is 22.1 Å². The monoisotopic (exact) mass is 399 g/mol. The average Bonchev–Trinajstić information content (AvgIpc) is 3.10. The van der Waals surface area contributed by atoms with Gasteiger partial charge >= 0.3 is 5.97 Å². The molecule has 0 saturated heterocycles. The highest BCUT2D eigenvalue weighted by molar-refractivity contribution is 7.16. The van der Waals surface area contributed by atoms with E-state index in [9.17, 15) is 19.8 Å². The normalized spacial score (nSPS) is 11.2. The van der Waals surface area contributed by atoms with Gasteiger partial charge in [-0.3, -0.25) is 4.79 Å². The number of hydrogen-bond donors (Lipinski definition) is 3. The smallest absolute Gasteiger partial charge is 0.352 e. The Balaban J connectivity index is 1.87. The van der Waals surface area contributed by atoms with Crippen LogP contribution in [0.3, 0.4) is 0 Å². The predicted molar refractivity (Wildman–Crippen MR) is 106 cm³/mol. The van der Waals surface area contributed by atoms with E-state index in [4.69, 9.17) is 11.6 Å². The molecule has 0 atom stereocenters. The fourth-order valence-corrected chi connectivity index (χ4v) is 3.67. The van der Waals surface area contributed by atoms with Crippen LogP contribution < -0.4 is 5.32 Å². The summed E-state index contributed by atoms with van der Waals surface area (Å²) in [4.78, 5) is 25.3. The van der Waals surface area contributed by atoms with Crippen molar-refractivity contribution in [3.05, 3.63) is 81.8 Å². The predicted octanol–water partition coefficient (Wildman–Crippen LogP) is 4.63. The summed E-state index contributed by atoms with van der Waals surface area (Å²) in [6.07, 6.45) is 1.37. The first kappa shape index (κ1) is 18.7. The minimum atomic E-state index is -1.29. The van der Waals surface area contributed by atoms with Gasteiger partial charge in [0.1, 0.15) is 11.4 Å². The summed E-state index contributed by atoms with van der Waals surface area (Å²) >= 11 is 7.54. The Labute approximate surface area is 164 Å². The van der Waals surface area contributed by atoms with E-state index in [2.05, 4.69) is 5.32 Å². The van der Waals surface area contributed by atoms with Gasteiger partial charge in [-0.15, -0.1) is 11.3 Å². The van der Waals surface area contributed by atoms with Crippen LogP contribution in [0, 0.1) is 0 Å². The molecule has 1 amide bonds. The molecule has 3 aromatic rings. The second-order valence-electron chi connectivity index (χ2n) is 5.52. The molecule has 0 spiro atoms. The number of carboxylic acids is 1. The number of aromatic hydroxyl groups is 1. The quantitative estimate of drug-likeness (QED) is 0.546. The number of thiophene rings is 1. The summed E-state index contributed by atoms with van der Waals surface area (Å²) in [6, 6.07) is 16.8. The molecule has 0 aliphatic heterocycles. The van der Waals surface area contributed by atoms with Gasteiger partial charge in [0.15, 0.2) is 0 Å². The third-order valence-electron chi connectivity index (χ3n) is 3.68. The van der Waals surface area contributed by atoms with Crippen LogP contribution in [0.5, 0.6) is 5.75 Å². The lowest BCUT2D eigenvalue weighted by Crippen LogP contribution is -2.27. The molecule has 3 N–H and O–H groups in total. The van der Waals surface area contributed by atoms with E-state index in [1.54, 1.807) is 24.3 Å². The largest absolute Gasteiger partial charge is 0.507 e. The minimum Gasteiger partial charge on any atom is -0.507 e. The van der Waals surface area contributed by atoms with E-state index in [0.29, 0.717) is 9.90 Å². The maximum absolute atomic E-state index is 12.3. The van der Waals surface area contributed by atoms with Crippen LogP contribution in [0.25, 0.3) is 16.5 Å². The maximum atomic E-state index is 12.3. The van der Waals surface area contributed by atoms with Gasteiger partial charge in [0.25, 0.3) is 5.91 Å². The third kappa shape index (κ3) is 4.36. The van der Waals surface area contributed by atoms with E-state index in [1.807, 2.05) is 24.3 Å². The summed E-state index contributed by atoms with van der Waals surface area (Å²) in [5.74, 6) is -2.21. The standard InChI is InChI=1S/C20H14ClNO4S/c21-15-7-3-1-5-13(15)18-10-9-12(27-18)11-16(20(25)26)22-19(24)14-6-2-4-8-17(14)23/h1-11,23H,(H,22,24)(H,25,26)/b16-11-. The van der Waals surface area contributed by atoms with Gasteiger partial charge in [-0.2, -0.15) is 0 Å². The molecule has 1 aromatic heterocycles. The Morgan fingerprint density at radius 2 is 1.70 bits per heavy atom. The molecule has 5 nitrogen and oxygen atoms in total. The number of phenolic OH excluding ortho intramolecular Hbond substituents is 1. The molecule has 0 unspecified atom stereocenters. The van der Waals surface area contributed by atoms with Crippen molar-refractivity contribution in [3.63, 3.8) is 0 Å². The fourth-order valence-electron chi connectivity index (χ4n) is 2.39. The fraction of sp³-hybridized carbons (Fsp3) is 0. The number of hydrogen-bond acceptors (Lipinski definition) is 4. The van der Waals surface area contributed by atoms with Crippen molar-refractivity contribution in [2.75, 3.05) is 0 Å². The third-order valence-corrected chi connectivity index (χ3v) is 5.08. The zero-order valence-electron chi connectivity index (χ0n) is 13.8. The van der Waals surface area contributed by atoms with Gasteiger partial charge in [-0.1, -0.05) is 41.9 Å². The summed E-state index contributed by atoms with van der Waals surface area (Å²) < 4.78 is 0. The van der Waals surface area contributed by atoms with Gasteiger partial charge in [-0.05, 0) is 36.4 Å². The van der Waals surface area contributed by atoms with Gasteiger partial charge in [0.2, 0.25) is 0 Å². The van der Waals surface area contributed by atoms with Crippen LogP contribution in [0.4, 0.5) is 0 Å². The number of nitrogens with one attached hydrogen (secondary N) is 1. The number of halogens is 1. The molecule has 0 aliphatic rings. The summed E-state index contributed by atoms with van der Waals surface area (Å²) in [7, 11) is 0. The number of phenols is 1. The molecule has 3 rings (SSSR count). The van der Waals surface area contributed by atoms with Crippen LogP contribution >= 0.6 is 22.9 Å². The lowest BCUT2D eigenvalue weighted by Gasteiger charge is -2.07. The van der Waals surface area contributed by atoms with Crippen molar-refractivity contribution in [3.8, 4) is 16.2 Å². The molecule has 1 heterocycles. The van der Waals surface area contributed by atoms with Crippen molar-refractivity contribution in [2.24, 2.45) is 0 Å². The highest BCUT2D eigenvalue weighted by Crippen LogP contribution is 2.33. The SMILES string of the molecule is O=C(O)/C(=C/c1ccc(-c2ccccc2Cl)s1)NC(=O)c1ccccc1O. The summed E-state index contributed by atoms with van der Waals surface area (Å²) in [5.41, 5.74) is 0.544. The number of carbonyl (C=O) groups excluding carboxylic acids is 1. The van der Waals surface area contributed by atoms with E-state index in [1.165, 1.54) is 29.5 Å². The Bertz CT molecular complexity index is 1040. The summed E-state index contributed by atoms with van der Waals surface area (Å²) in [6.45, 7) is 0. The average molecular weight is 400 g/mol. The van der Waals surface area contributed by atoms with Crippen molar-refractivity contribution < 1.29 is 19.8 Å². The number of carbonyl (C=O) groups is 2. The zero-order valence-corrected chi connectivity index (χ0v) is 15.4. The first-order valence-corrected chi connectivity index (χ1v) is 9.04. The minimum absolute atomic E-state index is 0.00686. The number of aliphatic carboxylic acids is 1. The second-order valence-corrected chi connectivity index (χ2v) is 7.04. The van der Waals surface area contributed by atoms with E-state index in [0.717, 1.165) is 10.4 Å². The van der Waals surface area contributed by atoms with E-state index < -0.39 is 11.9 Å². The van der Waals surface area contributed by atoms with Crippen molar-refractivity contribution in [1.29, 1.82) is 0 Å². The molecule has 136 valence electrons. The topological polar surface area (TPSA) is 86.6 Å². The number of benzene rings is 2. The Kier molecular flexibility index (Phi) is 5.59. The van der Waals surface area contributed by atoms with Crippen molar-refractivity contribution in [1.82, 2.24) is 5.32 Å². The first-order valence-electron chi connectivity index (χ1n) is 7.85. The molecule has 0 fully saturated rings. The highest BCUT2D eigenvalue weighted by atomic mass is 35.5. The lowest BCUT2D eigenvalue weighted by molar-refractivity contribution is -0.132. The van der Waals surface area contributed by atoms with E-state index in [-0.39, 0.29) is 17.0 Å². The summed E-state index contributed by atoms with van der Waals surface area (Å²) in [5, 5.41) is 22.1. The maximum Gasteiger partial charge on any atom is 0.352 e. The number of amides is 1. The van der Waals surface area contributed by atoms with Gasteiger partial charge in [0.05, 0.1) is 5.56 Å². The van der Waals surface area contributed by atoms with Crippen LogP contribution in [0.1, 0.15) is 15.2 Å². The second kappa shape index (κ2) is 8.07. The van der Waals surface area contributed by atoms with Gasteiger partial charge in [-0.25, -0.2) is 4.79 Å². The first-order chi connectivity index (χ1) is 13.0. The molecule has 0 bridgehead atoms. The molecule has 0 aliphatic carbocycles. The number of para-hydroxylation sites is 1. The van der Waals surface area contributed by atoms with Crippen molar-refractivity contribution >= 4 is 40.9 Å². The molecule has 7 heteroatoms. The Morgan fingerprint density at radius 3 is 2.41 bits per heavy atom. The van der Waals surface area contributed by atoms with E-state index >= 15 is 0 Å². The molecule has 0 saturated carbocycles. The molecule has 27 heavy (non-hydrogen) atoms. The zero-order chi connectivity index (χ0) is 19.4. The molecule has 0 radical (unpaired) electrons. The highest BCUT2D eigenvalue weighted by Gasteiger charge is 2.16. The molecular weight excluding hydrogens is 386 g/mol. The van der Waals surface area contributed by atoms with Crippen LogP contribution in [0.15, 0.2) is 66.4 Å². The Morgan fingerprint density at radius 1 is 1.00 bits per heavy atom. The molecular formula is C20H14ClNO4S. The van der Waals surface area contributed by atoms with Crippen LogP contribution in [0.2, 0.25) is 5.02 Å². The number of carboxylic acid groups (broad SMARTS) is 1. The molecule has 2 aromatic carbocycles. The van der Waals surface area contributed by atoms with Gasteiger partial charge < -0.3 is 15.5 Å². The van der Waals surface area contributed by atoms with Crippen molar-refractivity contribution in [2.45, 2.75) is 0 Å². The van der Waals surface area contributed by atoms with Gasteiger partial charge in [0, 0.05) is 20.3 Å².